The molecule has 3 rings (SSSR count). The van der Waals surface area contributed by atoms with Crippen molar-refractivity contribution in [3.05, 3.63) is 94.5 Å². The van der Waals surface area contributed by atoms with E-state index in [0.29, 0.717) is 11.1 Å². The average molecular weight is 431 g/mol. The van der Waals surface area contributed by atoms with Crippen LogP contribution in [0.4, 0.5) is 0 Å². The van der Waals surface area contributed by atoms with Crippen LogP contribution in [0.3, 0.4) is 0 Å². The fraction of sp³-hybridized carbons (Fsp3) is 0.286. The Hall–Kier alpha value is -3.40. The van der Waals surface area contributed by atoms with Crippen molar-refractivity contribution in [2.24, 2.45) is 0 Å². The molecule has 0 aliphatic rings. The maximum Gasteiger partial charge on any atom is 0.343 e. The third-order valence-electron chi connectivity index (χ3n) is 5.43. The van der Waals surface area contributed by atoms with Crippen LogP contribution < -0.4 is 4.74 Å². The number of hydrogen-bond acceptors (Lipinski definition) is 4. The molecule has 0 aliphatic heterocycles. The number of rotatable bonds is 4. The largest absolute Gasteiger partial charge is 0.507 e. The van der Waals surface area contributed by atoms with E-state index in [2.05, 4.69) is 41.5 Å². The Labute approximate surface area is 189 Å². The van der Waals surface area contributed by atoms with Gasteiger partial charge >= 0.3 is 5.97 Å². The molecular formula is C28H30O4. The number of phenolic OH excluding ortho intramolecular Hbond substituents is 1. The van der Waals surface area contributed by atoms with Gasteiger partial charge in [-0.15, -0.1) is 0 Å². The van der Waals surface area contributed by atoms with E-state index in [4.69, 9.17) is 4.74 Å². The SMILES string of the molecule is CC(C)(C)c1ccc(C(=O)Oc2cccc(O)c2C(=O)c2ccc(C(C)(C)C)cc2)cc1. The summed E-state index contributed by atoms with van der Waals surface area (Å²) >= 11 is 0. The van der Waals surface area contributed by atoms with Crippen LogP contribution in [0.25, 0.3) is 0 Å². The van der Waals surface area contributed by atoms with E-state index in [9.17, 15) is 14.7 Å². The predicted octanol–water partition coefficient (Wildman–Crippen LogP) is 6.44. The van der Waals surface area contributed by atoms with E-state index in [0.717, 1.165) is 11.1 Å². The lowest BCUT2D eigenvalue weighted by molar-refractivity contribution is 0.0732. The van der Waals surface area contributed by atoms with Gasteiger partial charge in [-0.2, -0.15) is 0 Å². The molecule has 3 aromatic carbocycles. The zero-order chi connectivity index (χ0) is 23.7. The molecule has 3 aromatic rings. The summed E-state index contributed by atoms with van der Waals surface area (Å²) in [6.45, 7) is 12.6. The standard InChI is InChI=1S/C28H30O4/c1-27(2,3)20-14-10-18(11-15-20)25(30)24-22(29)8-7-9-23(24)32-26(31)19-12-16-21(17-13-19)28(4,5)6/h7-17,29H,1-6H3. The summed E-state index contributed by atoms with van der Waals surface area (Å²) < 4.78 is 5.54. The average Bonchev–Trinajstić information content (AvgIpc) is 2.72. The number of aromatic hydroxyl groups is 1. The van der Waals surface area contributed by atoms with Crippen molar-refractivity contribution in [1.82, 2.24) is 0 Å². The first-order valence-electron chi connectivity index (χ1n) is 10.7. The molecule has 0 bridgehead atoms. The van der Waals surface area contributed by atoms with E-state index in [1.165, 1.54) is 12.1 Å². The van der Waals surface area contributed by atoms with Crippen LogP contribution in [0.1, 0.15) is 78.9 Å². The van der Waals surface area contributed by atoms with Gasteiger partial charge in [0.25, 0.3) is 0 Å². The summed E-state index contributed by atoms with van der Waals surface area (Å²) in [5, 5.41) is 10.4. The zero-order valence-corrected chi connectivity index (χ0v) is 19.5. The van der Waals surface area contributed by atoms with Gasteiger partial charge in [-0.3, -0.25) is 4.79 Å². The summed E-state index contributed by atoms with van der Waals surface area (Å²) in [7, 11) is 0. The molecule has 0 radical (unpaired) electrons. The van der Waals surface area contributed by atoms with Crippen molar-refractivity contribution in [3.63, 3.8) is 0 Å². The molecule has 0 spiro atoms. The van der Waals surface area contributed by atoms with Crippen LogP contribution in [0.5, 0.6) is 11.5 Å². The highest BCUT2D eigenvalue weighted by Gasteiger charge is 2.23. The van der Waals surface area contributed by atoms with Crippen molar-refractivity contribution in [1.29, 1.82) is 0 Å². The lowest BCUT2D eigenvalue weighted by Crippen LogP contribution is -2.14. The minimum absolute atomic E-state index is 0.0276. The first-order chi connectivity index (χ1) is 14.9. The lowest BCUT2D eigenvalue weighted by Gasteiger charge is -2.19. The fourth-order valence-electron chi connectivity index (χ4n) is 3.36. The summed E-state index contributed by atoms with van der Waals surface area (Å²) in [5.41, 5.74) is 2.86. The predicted molar refractivity (Wildman–Crippen MR) is 127 cm³/mol. The summed E-state index contributed by atoms with van der Waals surface area (Å²) in [6.07, 6.45) is 0. The Balaban J connectivity index is 1.89. The summed E-state index contributed by atoms with van der Waals surface area (Å²) in [4.78, 5) is 25.9. The molecule has 0 aliphatic carbocycles. The number of esters is 1. The number of carbonyl (C=O) groups is 2. The van der Waals surface area contributed by atoms with E-state index >= 15 is 0 Å². The molecule has 0 saturated heterocycles. The number of ketones is 1. The van der Waals surface area contributed by atoms with Crippen molar-refractivity contribution in [2.75, 3.05) is 0 Å². The minimum Gasteiger partial charge on any atom is -0.507 e. The number of ether oxygens (including phenoxy) is 1. The van der Waals surface area contributed by atoms with Crippen LogP contribution in [0.15, 0.2) is 66.7 Å². The topological polar surface area (TPSA) is 63.6 Å². The van der Waals surface area contributed by atoms with Crippen LogP contribution in [-0.2, 0) is 10.8 Å². The minimum atomic E-state index is -0.590. The van der Waals surface area contributed by atoms with Crippen molar-refractivity contribution in [3.8, 4) is 11.5 Å². The van der Waals surface area contributed by atoms with Crippen LogP contribution in [0.2, 0.25) is 0 Å². The molecule has 4 nitrogen and oxygen atoms in total. The van der Waals surface area contributed by atoms with Crippen LogP contribution in [0, 0.1) is 0 Å². The van der Waals surface area contributed by atoms with Crippen LogP contribution >= 0.6 is 0 Å². The zero-order valence-electron chi connectivity index (χ0n) is 19.5. The third kappa shape index (κ3) is 5.08. The molecule has 0 fully saturated rings. The van der Waals surface area contributed by atoms with E-state index in [1.54, 1.807) is 30.3 Å². The first-order valence-corrected chi connectivity index (χ1v) is 10.7. The van der Waals surface area contributed by atoms with E-state index < -0.39 is 11.8 Å². The number of benzene rings is 3. The smallest absolute Gasteiger partial charge is 0.343 e. The molecule has 166 valence electrons. The molecule has 4 heteroatoms. The van der Waals surface area contributed by atoms with E-state index in [1.807, 2.05) is 24.3 Å². The molecule has 0 aromatic heterocycles. The van der Waals surface area contributed by atoms with Gasteiger partial charge in [0.15, 0.2) is 0 Å². The Bertz CT molecular complexity index is 1130. The second kappa shape index (κ2) is 8.62. The maximum absolute atomic E-state index is 13.2. The Morgan fingerprint density at radius 1 is 0.688 bits per heavy atom. The van der Waals surface area contributed by atoms with Gasteiger partial charge in [0.2, 0.25) is 5.78 Å². The van der Waals surface area contributed by atoms with Gasteiger partial charge in [0.05, 0.1) is 5.56 Å². The monoisotopic (exact) mass is 430 g/mol. The third-order valence-corrected chi connectivity index (χ3v) is 5.43. The van der Waals surface area contributed by atoms with Gasteiger partial charge in [-0.1, -0.05) is 84.0 Å². The number of hydrogen-bond donors (Lipinski definition) is 1. The number of carbonyl (C=O) groups excluding carboxylic acids is 2. The number of phenols is 1. The van der Waals surface area contributed by atoms with Crippen molar-refractivity contribution >= 4 is 11.8 Å². The molecular weight excluding hydrogens is 400 g/mol. The van der Waals surface area contributed by atoms with E-state index in [-0.39, 0.29) is 27.9 Å². The Kier molecular flexibility index (Phi) is 6.27. The molecule has 0 unspecified atom stereocenters. The molecule has 0 atom stereocenters. The van der Waals surface area contributed by atoms with Gasteiger partial charge in [0, 0.05) is 5.56 Å². The molecule has 0 amide bonds. The fourth-order valence-corrected chi connectivity index (χ4v) is 3.36. The summed E-state index contributed by atoms with van der Waals surface area (Å²) in [6, 6.07) is 18.9. The lowest BCUT2D eigenvalue weighted by atomic mass is 9.86. The second-order valence-corrected chi connectivity index (χ2v) is 10.0. The van der Waals surface area contributed by atoms with Crippen molar-refractivity contribution < 1.29 is 19.4 Å². The normalized spacial score (nSPS) is 11.8. The van der Waals surface area contributed by atoms with Gasteiger partial charge in [-0.25, -0.2) is 4.79 Å². The Morgan fingerprint density at radius 2 is 1.16 bits per heavy atom. The highest BCUT2D eigenvalue weighted by Crippen LogP contribution is 2.32. The van der Waals surface area contributed by atoms with Gasteiger partial charge in [-0.05, 0) is 46.2 Å². The molecule has 32 heavy (non-hydrogen) atoms. The molecule has 1 N–H and O–H groups in total. The first kappa shape index (κ1) is 23.3. The maximum atomic E-state index is 13.2. The molecule has 0 heterocycles. The highest BCUT2D eigenvalue weighted by molar-refractivity contribution is 6.13. The second-order valence-electron chi connectivity index (χ2n) is 10.0. The van der Waals surface area contributed by atoms with Crippen molar-refractivity contribution in [2.45, 2.75) is 52.4 Å². The van der Waals surface area contributed by atoms with Gasteiger partial charge < -0.3 is 9.84 Å². The highest BCUT2D eigenvalue weighted by atomic mass is 16.5. The summed E-state index contributed by atoms with van der Waals surface area (Å²) in [5.74, 6) is -1.20. The molecule has 0 saturated carbocycles. The van der Waals surface area contributed by atoms with Gasteiger partial charge in [0.1, 0.15) is 17.1 Å². The van der Waals surface area contributed by atoms with Crippen LogP contribution in [-0.4, -0.2) is 16.9 Å². The Morgan fingerprint density at radius 3 is 1.62 bits per heavy atom. The quantitative estimate of drug-likeness (QED) is 0.294.